The van der Waals surface area contributed by atoms with Crippen molar-refractivity contribution in [1.82, 2.24) is 14.9 Å². The van der Waals surface area contributed by atoms with Crippen LogP contribution in [0.25, 0.3) is 0 Å². The van der Waals surface area contributed by atoms with Gasteiger partial charge in [-0.1, -0.05) is 17.7 Å². The Hall–Kier alpha value is -1.15. The van der Waals surface area contributed by atoms with Gasteiger partial charge in [0.15, 0.2) is 0 Å². The molecule has 2 aliphatic heterocycles. The molecule has 1 amide bonds. The molecular formula is C20H30ClN3O3S. The van der Waals surface area contributed by atoms with E-state index in [-0.39, 0.29) is 35.7 Å². The highest BCUT2D eigenvalue weighted by Crippen LogP contribution is 2.58. The number of benzene rings is 1. The standard InChI is InChI=1S/C20H29N3O3S.ClH/c1-15-2-4-17(5-3-15)27(25,26)23-12-6-16(7-13-23)22-19(24)18-14-20(18)8-10-21-11-9-20;/h2-5,16,18,21H,6-14H2,1H3,(H,22,24);1H. The van der Waals surface area contributed by atoms with Gasteiger partial charge in [0.1, 0.15) is 0 Å². The minimum absolute atomic E-state index is 0. The van der Waals surface area contributed by atoms with Crippen molar-refractivity contribution in [3.63, 3.8) is 0 Å². The lowest BCUT2D eigenvalue weighted by atomic mass is 9.91. The topological polar surface area (TPSA) is 78.5 Å². The molecule has 3 fully saturated rings. The van der Waals surface area contributed by atoms with Crippen molar-refractivity contribution in [2.24, 2.45) is 11.3 Å². The number of rotatable bonds is 4. The lowest BCUT2D eigenvalue weighted by Crippen LogP contribution is -2.47. The Labute approximate surface area is 173 Å². The molecule has 8 heteroatoms. The maximum atomic E-state index is 12.8. The smallest absolute Gasteiger partial charge is 0.243 e. The van der Waals surface area contributed by atoms with Crippen molar-refractivity contribution in [3.8, 4) is 0 Å². The van der Waals surface area contributed by atoms with Gasteiger partial charge in [-0.25, -0.2) is 8.42 Å². The number of hydrogen-bond donors (Lipinski definition) is 2. The first kappa shape index (κ1) is 21.6. The second kappa shape index (κ2) is 8.30. The van der Waals surface area contributed by atoms with Gasteiger partial charge in [-0.3, -0.25) is 4.79 Å². The van der Waals surface area contributed by atoms with E-state index in [1.807, 2.05) is 19.1 Å². The monoisotopic (exact) mass is 427 g/mol. The Kier molecular flexibility index (Phi) is 6.39. The third kappa shape index (κ3) is 4.22. The number of piperidine rings is 2. The van der Waals surface area contributed by atoms with Crippen LogP contribution in [0.15, 0.2) is 29.2 Å². The Morgan fingerprint density at radius 1 is 1.14 bits per heavy atom. The normalized spacial score (nSPS) is 25.1. The Morgan fingerprint density at radius 2 is 1.75 bits per heavy atom. The summed E-state index contributed by atoms with van der Waals surface area (Å²) >= 11 is 0. The molecule has 1 unspecified atom stereocenters. The Morgan fingerprint density at radius 3 is 2.36 bits per heavy atom. The van der Waals surface area contributed by atoms with E-state index in [1.54, 1.807) is 16.4 Å². The molecule has 2 heterocycles. The lowest BCUT2D eigenvalue weighted by molar-refractivity contribution is -0.124. The van der Waals surface area contributed by atoms with Crippen LogP contribution in [0.4, 0.5) is 0 Å². The molecule has 1 aromatic rings. The van der Waals surface area contributed by atoms with E-state index in [0.29, 0.717) is 30.8 Å². The van der Waals surface area contributed by atoms with Crippen LogP contribution in [0.2, 0.25) is 0 Å². The van der Waals surface area contributed by atoms with Crippen molar-refractivity contribution in [3.05, 3.63) is 29.8 Å². The van der Waals surface area contributed by atoms with Crippen LogP contribution in [-0.4, -0.2) is 50.9 Å². The molecule has 28 heavy (non-hydrogen) atoms. The van der Waals surface area contributed by atoms with Crippen molar-refractivity contribution in [2.75, 3.05) is 26.2 Å². The average molecular weight is 428 g/mol. The van der Waals surface area contributed by atoms with Gasteiger partial charge in [-0.15, -0.1) is 12.4 Å². The van der Waals surface area contributed by atoms with Gasteiger partial charge >= 0.3 is 0 Å². The molecule has 2 N–H and O–H groups in total. The van der Waals surface area contributed by atoms with Crippen molar-refractivity contribution >= 4 is 28.3 Å². The summed E-state index contributed by atoms with van der Waals surface area (Å²) in [5.41, 5.74) is 1.28. The molecule has 4 rings (SSSR count). The zero-order valence-electron chi connectivity index (χ0n) is 16.3. The zero-order chi connectivity index (χ0) is 19.1. The second-order valence-electron chi connectivity index (χ2n) is 8.37. The number of amides is 1. The largest absolute Gasteiger partial charge is 0.353 e. The summed E-state index contributed by atoms with van der Waals surface area (Å²) in [4.78, 5) is 13.0. The number of carbonyl (C=O) groups is 1. The third-order valence-corrected chi connectivity index (χ3v) is 8.48. The Balaban J connectivity index is 0.00000225. The first-order valence-electron chi connectivity index (χ1n) is 9.99. The summed E-state index contributed by atoms with van der Waals surface area (Å²) < 4.78 is 27.1. The molecule has 1 aliphatic carbocycles. The summed E-state index contributed by atoms with van der Waals surface area (Å²) in [6.45, 7) is 4.89. The maximum Gasteiger partial charge on any atom is 0.243 e. The molecule has 3 aliphatic rings. The molecule has 6 nitrogen and oxygen atoms in total. The summed E-state index contributed by atoms with van der Waals surface area (Å²) in [5, 5.41) is 6.55. The van der Waals surface area contributed by atoms with Crippen molar-refractivity contribution in [2.45, 2.75) is 50.0 Å². The van der Waals surface area contributed by atoms with E-state index < -0.39 is 10.0 Å². The molecule has 2 saturated heterocycles. The first-order chi connectivity index (χ1) is 12.9. The number of hydrogen-bond acceptors (Lipinski definition) is 4. The van der Waals surface area contributed by atoms with Crippen LogP contribution < -0.4 is 10.6 Å². The fourth-order valence-electron chi connectivity index (χ4n) is 4.60. The molecule has 1 saturated carbocycles. The van der Waals surface area contributed by atoms with Gasteiger partial charge in [0.25, 0.3) is 0 Å². The quantitative estimate of drug-likeness (QED) is 0.771. The number of sulfonamides is 1. The number of halogens is 1. The van der Waals surface area contributed by atoms with Gasteiger partial charge in [-0.05, 0) is 69.7 Å². The molecule has 1 aromatic carbocycles. The fourth-order valence-corrected chi connectivity index (χ4v) is 6.07. The lowest BCUT2D eigenvalue weighted by Gasteiger charge is -2.32. The number of aryl methyl sites for hydroxylation is 1. The zero-order valence-corrected chi connectivity index (χ0v) is 17.9. The van der Waals surface area contributed by atoms with Crippen molar-refractivity contribution < 1.29 is 13.2 Å². The van der Waals surface area contributed by atoms with E-state index in [9.17, 15) is 13.2 Å². The first-order valence-corrected chi connectivity index (χ1v) is 11.4. The van der Waals surface area contributed by atoms with E-state index in [0.717, 1.165) is 37.9 Å². The van der Waals surface area contributed by atoms with Crippen molar-refractivity contribution in [1.29, 1.82) is 0 Å². The number of carbonyl (C=O) groups excluding carboxylic acids is 1. The van der Waals surface area contributed by atoms with Gasteiger partial charge < -0.3 is 10.6 Å². The van der Waals surface area contributed by atoms with Gasteiger partial charge in [0.2, 0.25) is 15.9 Å². The molecule has 0 bridgehead atoms. The summed E-state index contributed by atoms with van der Waals surface area (Å²) in [7, 11) is -3.44. The number of nitrogens with one attached hydrogen (secondary N) is 2. The minimum atomic E-state index is -3.44. The fraction of sp³-hybridized carbons (Fsp3) is 0.650. The SMILES string of the molecule is Cc1ccc(S(=O)(=O)N2CCC(NC(=O)C3CC34CCNCC4)CC2)cc1.Cl. The maximum absolute atomic E-state index is 12.8. The predicted octanol–water partition coefficient (Wildman–Crippen LogP) is 2.08. The predicted molar refractivity (Wildman–Crippen MR) is 111 cm³/mol. The van der Waals surface area contributed by atoms with Crippen LogP contribution in [0, 0.1) is 18.3 Å². The summed E-state index contributed by atoms with van der Waals surface area (Å²) in [6, 6.07) is 7.08. The summed E-state index contributed by atoms with van der Waals surface area (Å²) in [5.74, 6) is 0.339. The molecular weight excluding hydrogens is 398 g/mol. The third-order valence-electron chi connectivity index (χ3n) is 6.56. The molecule has 0 radical (unpaired) electrons. The Bertz CT molecular complexity index is 798. The molecule has 1 atom stereocenters. The van der Waals surface area contributed by atoms with E-state index in [4.69, 9.17) is 0 Å². The number of nitrogens with zero attached hydrogens (tertiary/aromatic N) is 1. The van der Waals surface area contributed by atoms with E-state index in [2.05, 4.69) is 10.6 Å². The van der Waals surface area contributed by atoms with Crippen LogP contribution in [0.5, 0.6) is 0 Å². The van der Waals surface area contributed by atoms with Gasteiger partial charge in [0.05, 0.1) is 4.90 Å². The summed E-state index contributed by atoms with van der Waals surface area (Å²) in [6.07, 6.45) is 4.56. The highest BCUT2D eigenvalue weighted by Gasteiger charge is 2.57. The van der Waals surface area contributed by atoms with Crippen LogP contribution >= 0.6 is 12.4 Å². The van der Waals surface area contributed by atoms with Gasteiger partial charge in [0, 0.05) is 25.0 Å². The average Bonchev–Trinajstić information content (AvgIpc) is 3.36. The van der Waals surface area contributed by atoms with Crippen LogP contribution in [0.1, 0.15) is 37.7 Å². The van der Waals surface area contributed by atoms with E-state index >= 15 is 0 Å². The van der Waals surface area contributed by atoms with Crippen LogP contribution in [-0.2, 0) is 14.8 Å². The highest BCUT2D eigenvalue weighted by molar-refractivity contribution is 7.89. The van der Waals surface area contributed by atoms with Gasteiger partial charge in [-0.2, -0.15) is 4.31 Å². The minimum Gasteiger partial charge on any atom is -0.353 e. The molecule has 1 spiro atoms. The molecule has 0 aromatic heterocycles. The van der Waals surface area contributed by atoms with E-state index in [1.165, 1.54) is 0 Å². The van der Waals surface area contributed by atoms with Crippen LogP contribution in [0.3, 0.4) is 0 Å². The highest BCUT2D eigenvalue weighted by atomic mass is 35.5. The molecule has 156 valence electrons. The second-order valence-corrected chi connectivity index (χ2v) is 10.3.